The molecule has 1 N–H and O–H groups in total. The zero-order chi connectivity index (χ0) is 11.2. The molecule has 0 bridgehead atoms. The third kappa shape index (κ3) is 3.46. The second-order valence-electron chi connectivity index (χ2n) is 4.60. The van der Waals surface area contributed by atoms with Crippen molar-refractivity contribution in [1.82, 2.24) is 5.32 Å². The van der Waals surface area contributed by atoms with Crippen LogP contribution in [-0.2, 0) is 11.2 Å². The smallest absolute Gasteiger partial charge is 0.137 e. The van der Waals surface area contributed by atoms with Crippen LogP contribution in [0.4, 0.5) is 0 Å². The Balaban J connectivity index is 1.72. The molecule has 1 atom stereocenters. The SMILES string of the molecule is O=C(CCC1CCNC1)Cc1ccccc1. The molecular weight excluding hydrogens is 198 g/mol. The molecule has 1 aromatic rings. The Hall–Kier alpha value is -1.15. The van der Waals surface area contributed by atoms with Gasteiger partial charge in [-0.15, -0.1) is 0 Å². The van der Waals surface area contributed by atoms with Crippen molar-refractivity contribution in [3.05, 3.63) is 35.9 Å². The van der Waals surface area contributed by atoms with Gasteiger partial charge >= 0.3 is 0 Å². The van der Waals surface area contributed by atoms with Gasteiger partial charge in [-0.2, -0.15) is 0 Å². The highest BCUT2D eigenvalue weighted by Gasteiger charge is 2.15. The number of carbonyl (C=O) groups is 1. The monoisotopic (exact) mass is 217 g/mol. The molecule has 0 saturated carbocycles. The van der Waals surface area contributed by atoms with Crippen LogP contribution in [0, 0.1) is 5.92 Å². The Bertz CT molecular complexity index is 328. The lowest BCUT2D eigenvalue weighted by molar-refractivity contribution is -0.118. The second-order valence-corrected chi connectivity index (χ2v) is 4.60. The predicted molar refractivity (Wildman–Crippen MR) is 65.4 cm³/mol. The summed E-state index contributed by atoms with van der Waals surface area (Å²) in [4.78, 5) is 11.7. The average Bonchev–Trinajstić information content (AvgIpc) is 2.81. The Morgan fingerprint density at radius 1 is 1.31 bits per heavy atom. The zero-order valence-electron chi connectivity index (χ0n) is 9.61. The fourth-order valence-corrected chi connectivity index (χ4v) is 2.24. The minimum atomic E-state index is 0.373. The topological polar surface area (TPSA) is 29.1 Å². The van der Waals surface area contributed by atoms with E-state index in [-0.39, 0.29) is 0 Å². The Kier molecular flexibility index (Phi) is 4.11. The Labute approximate surface area is 97.1 Å². The number of ketones is 1. The fourth-order valence-electron chi connectivity index (χ4n) is 2.24. The highest BCUT2D eigenvalue weighted by Crippen LogP contribution is 2.15. The fraction of sp³-hybridized carbons (Fsp3) is 0.500. The molecule has 1 unspecified atom stereocenters. The van der Waals surface area contributed by atoms with E-state index in [1.54, 1.807) is 0 Å². The van der Waals surface area contributed by atoms with E-state index in [0.717, 1.165) is 37.4 Å². The number of benzene rings is 1. The maximum atomic E-state index is 11.7. The van der Waals surface area contributed by atoms with Crippen LogP contribution < -0.4 is 5.32 Å². The lowest BCUT2D eigenvalue weighted by Crippen LogP contribution is -2.11. The van der Waals surface area contributed by atoms with E-state index in [2.05, 4.69) is 5.32 Å². The standard InChI is InChI=1S/C14H19NO/c16-14(7-6-13-8-9-15-11-13)10-12-4-2-1-3-5-12/h1-5,13,15H,6-11H2. The lowest BCUT2D eigenvalue weighted by Gasteiger charge is -2.06. The minimum absolute atomic E-state index is 0.373. The first-order valence-electron chi connectivity index (χ1n) is 6.11. The maximum absolute atomic E-state index is 11.7. The minimum Gasteiger partial charge on any atom is -0.316 e. The molecule has 0 amide bonds. The normalized spacial score (nSPS) is 19.9. The van der Waals surface area contributed by atoms with Gasteiger partial charge in [-0.3, -0.25) is 4.79 Å². The third-order valence-corrected chi connectivity index (χ3v) is 3.24. The van der Waals surface area contributed by atoms with Crippen molar-refractivity contribution in [3.63, 3.8) is 0 Å². The zero-order valence-corrected chi connectivity index (χ0v) is 9.61. The first-order chi connectivity index (χ1) is 7.84. The summed E-state index contributed by atoms with van der Waals surface area (Å²) in [6.07, 6.45) is 3.62. The molecule has 1 heterocycles. The molecule has 1 aliphatic rings. The van der Waals surface area contributed by atoms with Gasteiger partial charge < -0.3 is 5.32 Å². The molecule has 86 valence electrons. The summed E-state index contributed by atoms with van der Waals surface area (Å²) in [5.74, 6) is 1.10. The molecule has 0 aliphatic carbocycles. The van der Waals surface area contributed by atoms with Crippen molar-refractivity contribution in [2.24, 2.45) is 5.92 Å². The van der Waals surface area contributed by atoms with Gasteiger partial charge in [-0.25, -0.2) is 0 Å². The summed E-state index contributed by atoms with van der Waals surface area (Å²) < 4.78 is 0. The number of hydrogen-bond acceptors (Lipinski definition) is 2. The van der Waals surface area contributed by atoms with Crippen LogP contribution in [0.1, 0.15) is 24.8 Å². The van der Waals surface area contributed by atoms with Crippen molar-refractivity contribution >= 4 is 5.78 Å². The summed E-state index contributed by atoms with van der Waals surface area (Å²) in [7, 11) is 0. The quantitative estimate of drug-likeness (QED) is 0.819. The molecule has 1 aliphatic heterocycles. The highest BCUT2D eigenvalue weighted by molar-refractivity contribution is 5.80. The van der Waals surface area contributed by atoms with Crippen LogP contribution in [0.3, 0.4) is 0 Å². The average molecular weight is 217 g/mol. The van der Waals surface area contributed by atoms with E-state index in [0.29, 0.717) is 12.2 Å². The summed E-state index contributed by atoms with van der Waals surface area (Å²) in [6, 6.07) is 10.0. The molecule has 2 nitrogen and oxygen atoms in total. The van der Waals surface area contributed by atoms with Crippen LogP contribution >= 0.6 is 0 Å². The largest absolute Gasteiger partial charge is 0.316 e. The van der Waals surface area contributed by atoms with Crippen molar-refractivity contribution < 1.29 is 4.79 Å². The van der Waals surface area contributed by atoms with Gasteiger partial charge in [0.25, 0.3) is 0 Å². The first-order valence-corrected chi connectivity index (χ1v) is 6.11. The number of hydrogen-bond donors (Lipinski definition) is 1. The van der Waals surface area contributed by atoms with Crippen LogP contribution in [-0.4, -0.2) is 18.9 Å². The van der Waals surface area contributed by atoms with E-state index >= 15 is 0 Å². The van der Waals surface area contributed by atoms with Gasteiger partial charge in [0.1, 0.15) is 5.78 Å². The van der Waals surface area contributed by atoms with Gasteiger partial charge in [-0.05, 0) is 37.4 Å². The molecule has 0 spiro atoms. The van der Waals surface area contributed by atoms with E-state index in [1.807, 2.05) is 30.3 Å². The number of Topliss-reactive ketones (excluding diaryl/α,β-unsaturated/α-hetero) is 1. The number of carbonyl (C=O) groups excluding carboxylic acids is 1. The highest BCUT2D eigenvalue weighted by atomic mass is 16.1. The van der Waals surface area contributed by atoms with Crippen molar-refractivity contribution in [2.75, 3.05) is 13.1 Å². The third-order valence-electron chi connectivity index (χ3n) is 3.24. The summed E-state index contributed by atoms with van der Waals surface area (Å²) in [5.41, 5.74) is 1.14. The molecule has 1 fully saturated rings. The van der Waals surface area contributed by atoms with Gasteiger partial charge in [0.05, 0.1) is 0 Å². The van der Waals surface area contributed by atoms with Gasteiger partial charge in [0, 0.05) is 12.8 Å². The van der Waals surface area contributed by atoms with Crippen molar-refractivity contribution in [2.45, 2.75) is 25.7 Å². The van der Waals surface area contributed by atoms with Gasteiger partial charge in [-0.1, -0.05) is 30.3 Å². The molecule has 16 heavy (non-hydrogen) atoms. The summed E-state index contributed by atoms with van der Waals surface area (Å²) in [5, 5.41) is 3.33. The van der Waals surface area contributed by atoms with Crippen LogP contribution in [0.15, 0.2) is 30.3 Å². The van der Waals surface area contributed by atoms with Crippen molar-refractivity contribution in [1.29, 1.82) is 0 Å². The molecule has 1 saturated heterocycles. The van der Waals surface area contributed by atoms with Crippen LogP contribution in [0.5, 0.6) is 0 Å². The van der Waals surface area contributed by atoms with E-state index in [9.17, 15) is 4.79 Å². The Morgan fingerprint density at radius 3 is 2.81 bits per heavy atom. The Morgan fingerprint density at radius 2 is 2.12 bits per heavy atom. The van der Waals surface area contributed by atoms with Gasteiger partial charge in [0.15, 0.2) is 0 Å². The molecule has 2 heteroatoms. The van der Waals surface area contributed by atoms with Crippen LogP contribution in [0.25, 0.3) is 0 Å². The predicted octanol–water partition coefficient (Wildman–Crippen LogP) is 2.19. The molecule has 2 rings (SSSR count). The van der Waals surface area contributed by atoms with Crippen molar-refractivity contribution in [3.8, 4) is 0 Å². The van der Waals surface area contributed by atoms with E-state index in [1.165, 1.54) is 6.42 Å². The lowest BCUT2D eigenvalue weighted by atomic mass is 9.98. The molecule has 0 radical (unpaired) electrons. The number of nitrogens with one attached hydrogen (secondary N) is 1. The van der Waals surface area contributed by atoms with Gasteiger partial charge in [0.2, 0.25) is 0 Å². The molecular formula is C14H19NO. The summed E-state index contributed by atoms with van der Waals surface area (Å²) in [6.45, 7) is 2.22. The number of rotatable bonds is 5. The second kappa shape index (κ2) is 5.80. The van der Waals surface area contributed by atoms with E-state index < -0.39 is 0 Å². The van der Waals surface area contributed by atoms with Crippen LogP contribution in [0.2, 0.25) is 0 Å². The first kappa shape index (κ1) is 11.3. The maximum Gasteiger partial charge on any atom is 0.137 e. The molecule has 1 aromatic carbocycles. The molecule has 0 aromatic heterocycles. The summed E-state index contributed by atoms with van der Waals surface area (Å²) >= 11 is 0. The van der Waals surface area contributed by atoms with E-state index in [4.69, 9.17) is 0 Å².